The van der Waals surface area contributed by atoms with E-state index in [1.54, 1.807) is 11.8 Å². The van der Waals surface area contributed by atoms with Crippen molar-refractivity contribution in [3.05, 3.63) is 83.3 Å². The van der Waals surface area contributed by atoms with Gasteiger partial charge in [-0.1, -0.05) is 74.0 Å². The monoisotopic (exact) mass is 467 g/mol. The Labute approximate surface area is 204 Å². The number of thioether (sulfide) groups is 1. The quantitative estimate of drug-likeness (QED) is 0.312. The van der Waals surface area contributed by atoms with Gasteiger partial charge in [-0.2, -0.15) is 0 Å². The zero-order valence-electron chi connectivity index (χ0n) is 19.3. The Bertz CT molecular complexity index is 1380. The molecule has 4 nitrogen and oxygen atoms in total. The first-order valence-electron chi connectivity index (χ1n) is 12.2. The van der Waals surface area contributed by atoms with E-state index in [1.807, 2.05) is 18.2 Å². The summed E-state index contributed by atoms with van der Waals surface area (Å²) in [5, 5.41) is 6.03. The molecular formula is C29H29N3OS. The third-order valence-electron chi connectivity index (χ3n) is 7.25. The number of fused-ring (bicyclic) bond motifs is 3. The molecule has 0 radical (unpaired) electrons. The standard InChI is InChI=1S/C29H29N3OS/c1-19-9-5-8-14-26(19)32-28(33)27(34-29(32)30-21-10-3-2-4-11-21)18-20-15-16-25-23(17-20)22-12-6-7-13-24(22)31-25/h2-4,6-7,10-13,15-19,26,29-31H,5,8-9,14H2,1H3/b27-18-/t19-,26-,29?/m0/s1. The van der Waals surface area contributed by atoms with Gasteiger partial charge in [0.1, 0.15) is 0 Å². The van der Waals surface area contributed by atoms with Crippen LogP contribution in [0.3, 0.4) is 0 Å². The van der Waals surface area contributed by atoms with E-state index in [9.17, 15) is 4.79 Å². The molecule has 0 bridgehead atoms. The van der Waals surface area contributed by atoms with Crippen molar-refractivity contribution in [2.75, 3.05) is 5.32 Å². The molecule has 0 spiro atoms. The van der Waals surface area contributed by atoms with Crippen LogP contribution in [0.25, 0.3) is 27.9 Å². The number of carbonyl (C=O) groups excluding carboxylic acids is 1. The molecule has 1 saturated heterocycles. The number of nitrogens with one attached hydrogen (secondary N) is 2. The van der Waals surface area contributed by atoms with Crippen molar-refractivity contribution in [3.8, 4) is 0 Å². The highest BCUT2D eigenvalue weighted by molar-refractivity contribution is 8.05. The number of aromatic amines is 1. The zero-order chi connectivity index (χ0) is 23.1. The van der Waals surface area contributed by atoms with Crippen LogP contribution in [-0.4, -0.2) is 27.3 Å². The van der Waals surface area contributed by atoms with Crippen LogP contribution in [-0.2, 0) is 4.79 Å². The first-order chi connectivity index (χ1) is 16.7. The van der Waals surface area contributed by atoms with E-state index in [0.717, 1.165) is 33.6 Å². The maximum absolute atomic E-state index is 13.8. The molecule has 1 aliphatic heterocycles. The number of nitrogens with zero attached hydrogens (tertiary/aromatic N) is 1. The van der Waals surface area contributed by atoms with Crippen molar-refractivity contribution < 1.29 is 4.79 Å². The molecule has 3 aromatic carbocycles. The number of rotatable bonds is 4. The molecule has 1 saturated carbocycles. The van der Waals surface area contributed by atoms with Crippen molar-refractivity contribution in [1.82, 2.24) is 9.88 Å². The number of amides is 1. The lowest BCUT2D eigenvalue weighted by molar-refractivity contribution is -0.129. The Kier molecular flexibility index (Phi) is 5.58. The normalized spacial score (nSPS) is 24.4. The average Bonchev–Trinajstić information content (AvgIpc) is 3.37. The first kappa shape index (κ1) is 21.4. The minimum absolute atomic E-state index is 0.0940. The maximum atomic E-state index is 13.8. The van der Waals surface area contributed by atoms with Gasteiger partial charge in [0.2, 0.25) is 0 Å². The Morgan fingerprint density at radius 2 is 1.71 bits per heavy atom. The Morgan fingerprint density at radius 3 is 2.56 bits per heavy atom. The fraction of sp³-hybridized carbons (Fsp3) is 0.276. The molecule has 2 fully saturated rings. The number of para-hydroxylation sites is 2. The van der Waals surface area contributed by atoms with E-state index in [1.165, 1.54) is 30.0 Å². The van der Waals surface area contributed by atoms with Crippen molar-refractivity contribution in [1.29, 1.82) is 0 Å². The van der Waals surface area contributed by atoms with Gasteiger partial charge in [-0.25, -0.2) is 0 Å². The van der Waals surface area contributed by atoms with Gasteiger partial charge in [-0.3, -0.25) is 4.79 Å². The van der Waals surface area contributed by atoms with Crippen LogP contribution in [0.15, 0.2) is 77.7 Å². The fourth-order valence-corrected chi connectivity index (χ4v) is 6.69. The highest BCUT2D eigenvalue weighted by Gasteiger charge is 2.42. The summed E-state index contributed by atoms with van der Waals surface area (Å²) in [6.45, 7) is 2.30. The zero-order valence-corrected chi connectivity index (χ0v) is 20.1. The van der Waals surface area contributed by atoms with Crippen molar-refractivity contribution in [2.24, 2.45) is 5.92 Å². The molecule has 2 aliphatic rings. The van der Waals surface area contributed by atoms with Crippen LogP contribution in [0.5, 0.6) is 0 Å². The summed E-state index contributed by atoms with van der Waals surface area (Å²) >= 11 is 1.64. The number of H-pyrrole nitrogens is 1. The first-order valence-corrected chi connectivity index (χ1v) is 13.1. The molecule has 6 rings (SSSR count). The van der Waals surface area contributed by atoms with Gasteiger partial charge >= 0.3 is 0 Å². The fourth-order valence-electron chi connectivity index (χ4n) is 5.47. The van der Waals surface area contributed by atoms with Crippen LogP contribution in [0.4, 0.5) is 5.69 Å². The highest BCUT2D eigenvalue weighted by Crippen LogP contribution is 2.42. The highest BCUT2D eigenvalue weighted by atomic mass is 32.2. The second-order valence-corrected chi connectivity index (χ2v) is 10.6. The Morgan fingerprint density at radius 1 is 0.941 bits per heavy atom. The van der Waals surface area contributed by atoms with Crippen LogP contribution >= 0.6 is 11.8 Å². The van der Waals surface area contributed by atoms with E-state index < -0.39 is 0 Å². The molecule has 1 unspecified atom stereocenters. The molecule has 172 valence electrons. The second kappa shape index (κ2) is 8.88. The average molecular weight is 468 g/mol. The second-order valence-electron chi connectivity index (χ2n) is 9.51. The van der Waals surface area contributed by atoms with Gasteiger partial charge in [0.15, 0.2) is 5.50 Å². The van der Waals surface area contributed by atoms with Crippen LogP contribution in [0.2, 0.25) is 0 Å². The lowest BCUT2D eigenvalue weighted by Crippen LogP contribution is -2.48. The third kappa shape index (κ3) is 3.88. The van der Waals surface area contributed by atoms with Gasteiger partial charge < -0.3 is 15.2 Å². The largest absolute Gasteiger partial charge is 0.356 e. The molecule has 1 aliphatic carbocycles. The summed E-state index contributed by atoms with van der Waals surface area (Å²) < 4.78 is 0. The molecule has 4 aromatic rings. The molecule has 1 aromatic heterocycles. The van der Waals surface area contributed by atoms with Crippen molar-refractivity contribution >= 4 is 51.2 Å². The smallest absolute Gasteiger partial charge is 0.262 e. The Hall–Kier alpha value is -3.18. The summed E-state index contributed by atoms with van der Waals surface area (Å²) in [7, 11) is 0. The molecule has 3 atom stereocenters. The van der Waals surface area contributed by atoms with E-state index in [4.69, 9.17) is 0 Å². The molecule has 1 amide bonds. The lowest BCUT2D eigenvalue weighted by atomic mass is 9.85. The van der Waals surface area contributed by atoms with E-state index in [-0.39, 0.29) is 17.4 Å². The number of carbonyl (C=O) groups is 1. The molecular weight excluding hydrogens is 438 g/mol. The maximum Gasteiger partial charge on any atom is 0.262 e. The van der Waals surface area contributed by atoms with Gasteiger partial charge in [-0.05, 0) is 60.7 Å². The molecule has 2 heterocycles. The number of benzene rings is 3. The van der Waals surface area contributed by atoms with E-state index in [2.05, 4.69) is 82.8 Å². The summed E-state index contributed by atoms with van der Waals surface area (Å²) in [4.78, 5) is 20.2. The number of aromatic nitrogens is 1. The third-order valence-corrected chi connectivity index (χ3v) is 8.37. The summed E-state index contributed by atoms with van der Waals surface area (Å²) in [5.74, 6) is 0.663. The van der Waals surface area contributed by atoms with E-state index in [0.29, 0.717) is 5.92 Å². The van der Waals surface area contributed by atoms with Crippen LogP contribution < -0.4 is 5.32 Å². The molecule has 34 heavy (non-hydrogen) atoms. The van der Waals surface area contributed by atoms with Gasteiger partial charge in [0.25, 0.3) is 5.91 Å². The lowest BCUT2D eigenvalue weighted by Gasteiger charge is -2.39. The predicted molar refractivity (Wildman–Crippen MR) is 143 cm³/mol. The van der Waals surface area contributed by atoms with Gasteiger partial charge in [-0.15, -0.1) is 0 Å². The summed E-state index contributed by atoms with van der Waals surface area (Å²) in [6, 6.07) is 25.3. The minimum Gasteiger partial charge on any atom is -0.356 e. The van der Waals surface area contributed by atoms with Crippen molar-refractivity contribution in [2.45, 2.75) is 44.1 Å². The summed E-state index contributed by atoms with van der Waals surface area (Å²) in [6.07, 6.45) is 6.79. The molecule has 2 N–H and O–H groups in total. The van der Waals surface area contributed by atoms with Crippen molar-refractivity contribution in [3.63, 3.8) is 0 Å². The van der Waals surface area contributed by atoms with Gasteiger partial charge in [0.05, 0.1) is 4.91 Å². The minimum atomic E-state index is -0.0940. The van der Waals surface area contributed by atoms with E-state index >= 15 is 0 Å². The topological polar surface area (TPSA) is 48.1 Å². The number of anilines is 1. The number of hydrogen-bond donors (Lipinski definition) is 2. The summed E-state index contributed by atoms with van der Waals surface area (Å²) in [5.41, 5.74) is 4.27. The van der Waals surface area contributed by atoms with Gasteiger partial charge in [0, 0.05) is 33.5 Å². The van der Waals surface area contributed by atoms with Crippen LogP contribution in [0.1, 0.15) is 38.2 Å². The predicted octanol–water partition coefficient (Wildman–Crippen LogP) is 7.21. The van der Waals surface area contributed by atoms with Crippen LogP contribution in [0, 0.1) is 5.92 Å². The SMILES string of the molecule is C[C@H]1CCCC[C@@H]1N1C(=O)/C(=C/c2ccc3[nH]c4ccccc4c3c2)SC1Nc1ccccc1. The number of hydrogen-bond acceptors (Lipinski definition) is 3. The Balaban J connectivity index is 1.36. The molecule has 5 heteroatoms.